The number of hydrogen-bond donors (Lipinski definition) is 3. The van der Waals surface area contributed by atoms with Gasteiger partial charge in [-0.05, 0) is 230 Å². The van der Waals surface area contributed by atoms with Gasteiger partial charge in [-0.3, -0.25) is 0 Å². The predicted octanol–water partition coefficient (Wildman–Crippen LogP) is 28.2. The number of rotatable bonds is 9. The summed E-state index contributed by atoms with van der Waals surface area (Å²) >= 11 is 6.52. The van der Waals surface area contributed by atoms with Crippen molar-refractivity contribution in [3.8, 4) is 0 Å². The van der Waals surface area contributed by atoms with E-state index in [0.29, 0.717) is 48.2 Å². The summed E-state index contributed by atoms with van der Waals surface area (Å²) in [4.78, 5) is 0. The van der Waals surface area contributed by atoms with Crippen LogP contribution in [0.3, 0.4) is 0 Å². The highest BCUT2D eigenvalue weighted by molar-refractivity contribution is 8.00. The molecule has 6 aliphatic heterocycles. The van der Waals surface area contributed by atoms with Crippen molar-refractivity contribution in [2.75, 3.05) is 61.5 Å². The fourth-order valence-corrected chi connectivity index (χ4v) is 21.5. The highest BCUT2D eigenvalue weighted by Crippen LogP contribution is 2.53. The van der Waals surface area contributed by atoms with E-state index in [-0.39, 0.29) is 0 Å². The Bertz CT molecular complexity index is 1280. The van der Waals surface area contributed by atoms with Crippen LogP contribution in [-0.4, -0.2) is 71.8 Å². The van der Waals surface area contributed by atoms with Crippen LogP contribution in [0.2, 0.25) is 0 Å². The number of hydrogen-bond acceptors (Lipinski definition) is 6. The molecule has 3 unspecified atom stereocenters. The smallest absolute Gasteiger partial charge is 0.0252 e. The Morgan fingerprint density at radius 1 is 0.289 bits per heavy atom. The third-order valence-electron chi connectivity index (χ3n) is 23.2. The Hall–Kier alpha value is 0.930. The summed E-state index contributed by atoms with van der Waals surface area (Å²) in [5.41, 5.74) is 3.90. The molecule has 6 fully saturated rings. The zero-order valence-corrected chi connectivity index (χ0v) is 73.0. The van der Waals surface area contributed by atoms with Crippen LogP contribution >= 0.6 is 35.3 Å². The Morgan fingerprint density at radius 2 is 0.711 bits per heavy atom. The first kappa shape index (κ1) is 102. The minimum absolute atomic E-state index is 0.351. The average molecular weight is 1330 g/mol. The van der Waals surface area contributed by atoms with Gasteiger partial charge in [-0.2, -0.15) is 35.3 Å². The van der Waals surface area contributed by atoms with Crippen molar-refractivity contribution in [2.45, 2.75) is 389 Å². The summed E-state index contributed by atoms with van der Waals surface area (Å²) in [7, 11) is 0. The molecule has 6 heteroatoms. The fourth-order valence-electron chi connectivity index (χ4n) is 16.9. The van der Waals surface area contributed by atoms with E-state index in [1.807, 2.05) is 83.1 Å². The predicted molar refractivity (Wildman–Crippen MR) is 435 cm³/mol. The average Bonchev–Trinajstić information content (AvgIpc) is 1.77. The van der Waals surface area contributed by atoms with Gasteiger partial charge in [-0.25, -0.2) is 0 Å². The van der Waals surface area contributed by atoms with E-state index in [0.717, 1.165) is 53.3 Å². The maximum absolute atomic E-state index is 3.83. The molecular formula is C84H183N3S3. The molecule has 0 amide bonds. The Balaban J connectivity index is -0.000000227. The monoisotopic (exact) mass is 1330 g/mol. The third-order valence-corrected chi connectivity index (χ3v) is 27.7. The quantitative estimate of drug-likeness (QED) is 0.214. The summed E-state index contributed by atoms with van der Waals surface area (Å²) in [6.45, 7) is 94.7. The summed E-state index contributed by atoms with van der Waals surface area (Å²) in [6.07, 6.45) is 23.8. The van der Waals surface area contributed by atoms with Gasteiger partial charge < -0.3 is 16.0 Å². The Kier molecular flexibility index (Phi) is 61.0. The molecule has 6 heterocycles. The van der Waals surface area contributed by atoms with Gasteiger partial charge in [0, 0.05) is 16.8 Å². The molecule has 0 saturated carbocycles. The molecule has 0 radical (unpaired) electrons. The second-order valence-electron chi connectivity index (χ2n) is 32.4. The minimum Gasteiger partial charge on any atom is -0.317 e. The number of thioether (sulfide) groups is 3. The van der Waals surface area contributed by atoms with E-state index in [1.54, 1.807) is 0 Å². The summed E-state index contributed by atoms with van der Waals surface area (Å²) in [6, 6.07) is 0. The van der Waals surface area contributed by atoms with Crippen molar-refractivity contribution in [1.82, 2.24) is 16.0 Å². The van der Waals surface area contributed by atoms with Crippen LogP contribution in [0.25, 0.3) is 0 Å². The topological polar surface area (TPSA) is 36.1 Å². The van der Waals surface area contributed by atoms with Crippen molar-refractivity contribution in [3.63, 3.8) is 0 Å². The fraction of sp³-hybridized carbons (Fsp3) is 1.00. The number of nitrogens with one attached hydrogen (secondary N) is 3. The molecule has 3 N–H and O–H groups in total. The van der Waals surface area contributed by atoms with Crippen LogP contribution in [0.1, 0.15) is 379 Å². The molecule has 6 saturated heterocycles. The summed E-state index contributed by atoms with van der Waals surface area (Å²) in [5, 5.41) is 11.0. The standard InChI is InChI=1S/3C13H27N.3C11H22S.6C2H6/c1-11(2)13(12(3,4)5)7-6-9-14-10-8-13;1-11(2)13(12(3,4)5)8-6-7-9-14-10-13;1-11(2)13(12(3,4)5)9-7-6-8-10-14-13;1-9(2)11(10(3)4)5-7-12-8-6-11;1-9(2)11(10(3)4)6-5-7-12-8-11;1-9(2)11(10(3)4)7-5-6-8-12-11;6*1-2/h3*11,14H,6-10H2,1-5H3;3*9-10H,5-8H2,1-4H3;6*1-2H3. The first-order valence-corrected chi connectivity index (χ1v) is 43.2. The lowest BCUT2D eigenvalue weighted by Gasteiger charge is -2.48. The second-order valence-corrected chi connectivity index (χ2v) is 36.2. The lowest BCUT2D eigenvalue weighted by atomic mass is 9.57. The van der Waals surface area contributed by atoms with Crippen LogP contribution in [0.15, 0.2) is 0 Å². The van der Waals surface area contributed by atoms with Crippen LogP contribution < -0.4 is 16.0 Å². The lowest BCUT2D eigenvalue weighted by Crippen LogP contribution is -2.58. The first-order valence-electron chi connectivity index (χ1n) is 39.9. The largest absolute Gasteiger partial charge is 0.317 e. The van der Waals surface area contributed by atoms with Crippen molar-refractivity contribution in [3.05, 3.63) is 0 Å². The van der Waals surface area contributed by atoms with Gasteiger partial charge >= 0.3 is 0 Å². The van der Waals surface area contributed by atoms with E-state index in [1.165, 1.54) is 171 Å². The van der Waals surface area contributed by atoms with Crippen molar-refractivity contribution in [2.24, 2.45) is 91.2 Å². The molecule has 0 aromatic carbocycles. The Morgan fingerprint density at radius 3 is 1.04 bits per heavy atom. The minimum atomic E-state index is 0.351. The molecule has 0 aromatic heterocycles. The molecule has 0 aromatic rings. The van der Waals surface area contributed by atoms with E-state index in [9.17, 15) is 0 Å². The highest BCUT2D eigenvalue weighted by Gasteiger charge is 2.47. The SMILES string of the molecule is CC.CC.CC.CC.CC.CC.CC(C)C1(C(C)(C)C)CCCCCN1.CC(C)C1(C(C)(C)C)CCCCNC1.CC(C)C1(C(C)(C)C)CCCNCC1.CC(C)C1(C(C)C)CCCCS1.CC(C)C1(C(C)C)CCCSC1.CC(C)C1(C(C)C)CCSCC1. The van der Waals surface area contributed by atoms with Crippen molar-refractivity contribution in [1.29, 1.82) is 0 Å². The molecule has 90 heavy (non-hydrogen) atoms. The normalized spacial score (nSPS) is 24.0. The molecular weight excluding hydrogens is 1150 g/mol. The second kappa shape index (κ2) is 53.8. The zero-order chi connectivity index (χ0) is 72.0. The maximum atomic E-state index is 3.83. The van der Waals surface area contributed by atoms with Gasteiger partial charge in [0.05, 0.1) is 0 Å². The van der Waals surface area contributed by atoms with Crippen LogP contribution in [0, 0.1) is 91.2 Å². The molecule has 0 aliphatic carbocycles. The zero-order valence-electron chi connectivity index (χ0n) is 70.5. The Labute approximate surface area is 589 Å². The van der Waals surface area contributed by atoms with E-state index in [4.69, 9.17) is 0 Å². The molecule has 0 spiro atoms. The molecule has 0 bridgehead atoms. The van der Waals surface area contributed by atoms with E-state index < -0.39 is 0 Å². The van der Waals surface area contributed by atoms with Crippen molar-refractivity contribution >= 4 is 35.3 Å². The van der Waals surface area contributed by atoms with Crippen LogP contribution in [0.5, 0.6) is 0 Å². The van der Waals surface area contributed by atoms with Gasteiger partial charge in [0.1, 0.15) is 0 Å². The highest BCUT2D eigenvalue weighted by atomic mass is 32.2. The van der Waals surface area contributed by atoms with Gasteiger partial charge in [-0.15, -0.1) is 0 Å². The van der Waals surface area contributed by atoms with Gasteiger partial charge in [0.2, 0.25) is 0 Å². The molecule has 3 nitrogen and oxygen atoms in total. The summed E-state index contributed by atoms with van der Waals surface area (Å²) < 4.78 is 0.595. The lowest BCUT2D eigenvalue weighted by molar-refractivity contribution is 0.0167. The van der Waals surface area contributed by atoms with Gasteiger partial charge in [0.15, 0.2) is 0 Å². The molecule has 6 rings (SSSR count). The third kappa shape index (κ3) is 32.7. The molecule has 3 atom stereocenters. The summed E-state index contributed by atoms with van der Waals surface area (Å²) in [5.74, 6) is 14.3. The first-order chi connectivity index (χ1) is 42.0. The van der Waals surface area contributed by atoms with E-state index >= 15 is 0 Å². The van der Waals surface area contributed by atoms with Crippen LogP contribution in [0.4, 0.5) is 0 Å². The van der Waals surface area contributed by atoms with Crippen LogP contribution in [-0.2, 0) is 0 Å². The molecule has 6 aliphatic rings. The van der Waals surface area contributed by atoms with Gasteiger partial charge in [-0.1, -0.05) is 296 Å². The van der Waals surface area contributed by atoms with Crippen molar-refractivity contribution < 1.29 is 0 Å². The molecule has 552 valence electrons. The maximum Gasteiger partial charge on any atom is 0.0252 e. The van der Waals surface area contributed by atoms with E-state index in [2.05, 4.69) is 238 Å². The van der Waals surface area contributed by atoms with Gasteiger partial charge in [0.25, 0.3) is 0 Å².